The average molecular weight is 394 g/mol. The first kappa shape index (κ1) is 19.3. The largest absolute Gasteiger partial charge is 0.456 e. The summed E-state index contributed by atoms with van der Waals surface area (Å²) < 4.78 is 58.7. The van der Waals surface area contributed by atoms with Crippen molar-refractivity contribution in [1.82, 2.24) is 14.8 Å². The van der Waals surface area contributed by atoms with Gasteiger partial charge in [0.2, 0.25) is 0 Å². The highest BCUT2D eigenvalue weighted by molar-refractivity contribution is 6.04. The van der Waals surface area contributed by atoms with Crippen LogP contribution in [0.4, 0.5) is 23.4 Å². The predicted molar refractivity (Wildman–Crippen MR) is 91.6 cm³/mol. The Bertz CT molecular complexity index is 967. The summed E-state index contributed by atoms with van der Waals surface area (Å²) in [5.74, 6) is -0.671. The van der Waals surface area contributed by atoms with E-state index in [4.69, 9.17) is 4.74 Å². The molecule has 0 spiro atoms. The second-order valence-electron chi connectivity index (χ2n) is 5.61. The molecule has 0 saturated carbocycles. The Labute approximate surface area is 156 Å². The molecule has 146 valence electrons. The van der Waals surface area contributed by atoms with Gasteiger partial charge in [0, 0.05) is 6.54 Å². The fourth-order valence-electron chi connectivity index (χ4n) is 2.43. The van der Waals surface area contributed by atoms with Crippen molar-refractivity contribution >= 4 is 11.7 Å². The number of hydrogen-bond donors (Lipinski definition) is 1. The Morgan fingerprint density at radius 2 is 1.79 bits per heavy atom. The number of pyridine rings is 1. The van der Waals surface area contributed by atoms with E-state index < -0.39 is 29.2 Å². The molecule has 0 atom stereocenters. The second kappa shape index (κ2) is 7.67. The highest BCUT2D eigenvalue weighted by atomic mass is 19.4. The van der Waals surface area contributed by atoms with Crippen molar-refractivity contribution in [3.8, 4) is 11.5 Å². The van der Waals surface area contributed by atoms with Crippen molar-refractivity contribution < 1.29 is 27.1 Å². The topological polar surface area (TPSA) is 69.0 Å². The maximum Gasteiger partial charge on any atom is 0.433 e. The number of aromatic nitrogens is 3. The highest BCUT2D eigenvalue weighted by Gasteiger charge is 2.39. The van der Waals surface area contributed by atoms with E-state index in [0.29, 0.717) is 16.2 Å². The minimum atomic E-state index is -4.72. The molecule has 0 bridgehead atoms. The second-order valence-corrected chi connectivity index (χ2v) is 5.61. The average Bonchev–Trinajstić information content (AvgIpc) is 3.10. The maximum atomic E-state index is 13.2. The summed E-state index contributed by atoms with van der Waals surface area (Å²) in [4.78, 5) is 16.2. The van der Waals surface area contributed by atoms with Gasteiger partial charge in [0.05, 0.1) is 18.0 Å². The smallest absolute Gasteiger partial charge is 0.433 e. The molecular formula is C18H14F4N4O2. The molecule has 10 heteroatoms. The van der Waals surface area contributed by atoms with Gasteiger partial charge < -0.3 is 10.1 Å². The molecule has 1 amide bonds. The van der Waals surface area contributed by atoms with Crippen LogP contribution in [0, 0.1) is 5.82 Å². The first-order valence-corrected chi connectivity index (χ1v) is 8.11. The van der Waals surface area contributed by atoms with Gasteiger partial charge in [-0.1, -0.05) is 0 Å². The molecule has 0 aliphatic rings. The molecule has 0 unspecified atom stereocenters. The van der Waals surface area contributed by atoms with Crippen LogP contribution in [-0.4, -0.2) is 20.7 Å². The maximum absolute atomic E-state index is 13.2. The quantitative estimate of drug-likeness (QED) is 0.647. The molecule has 0 radical (unpaired) electrons. The molecule has 1 aromatic carbocycles. The van der Waals surface area contributed by atoms with E-state index in [1.807, 2.05) is 0 Å². The van der Waals surface area contributed by atoms with E-state index in [1.54, 1.807) is 0 Å². The van der Waals surface area contributed by atoms with Crippen molar-refractivity contribution in [1.29, 1.82) is 0 Å². The van der Waals surface area contributed by atoms with Crippen LogP contribution in [0.25, 0.3) is 0 Å². The molecular weight excluding hydrogens is 380 g/mol. The van der Waals surface area contributed by atoms with Gasteiger partial charge in [-0.15, -0.1) is 0 Å². The number of hydrogen-bond acceptors (Lipinski definition) is 4. The van der Waals surface area contributed by atoms with Crippen molar-refractivity contribution in [3.63, 3.8) is 0 Å². The SMILES string of the molecule is CCn1ncc(C(=O)Nc2ccc(Oc3ccc(F)cc3)cn2)c1C(F)(F)F. The Morgan fingerprint density at radius 1 is 1.11 bits per heavy atom. The van der Waals surface area contributed by atoms with Gasteiger partial charge in [-0.3, -0.25) is 9.48 Å². The molecule has 3 aromatic rings. The van der Waals surface area contributed by atoms with Gasteiger partial charge in [-0.05, 0) is 43.3 Å². The molecule has 2 heterocycles. The third-order valence-corrected chi connectivity index (χ3v) is 3.68. The van der Waals surface area contributed by atoms with Gasteiger partial charge in [0.1, 0.15) is 23.1 Å². The third-order valence-electron chi connectivity index (χ3n) is 3.68. The molecule has 0 aliphatic carbocycles. The number of halogens is 4. The predicted octanol–water partition coefficient (Wildman–Crippen LogP) is 4.50. The minimum Gasteiger partial charge on any atom is -0.456 e. The van der Waals surface area contributed by atoms with E-state index in [2.05, 4.69) is 15.4 Å². The number of nitrogens with one attached hydrogen (secondary N) is 1. The van der Waals surface area contributed by atoms with Crippen LogP contribution >= 0.6 is 0 Å². The number of aryl methyl sites for hydroxylation is 1. The Balaban J connectivity index is 1.73. The Kier molecular flexibility index (Phi) is 5.30. The molecule has 0 fully saturated rings. The Morgan fingerprint density at radius 3 is 2.36 bits per heavy atom. The zero-order valence-corrected chi connectivity index (χ0v) is 14.5. The summed E-state index contributed by atoms with van der Waals surface area (Å²) >= 11 is 0. The number of nitrogens with zero attached hydrogens (tertiary/aromatic N) is 3. The first-order valence-electron chi connectivity index (χ1n) is 8.11. The molecule has 3 rings (SSSR count). The summed E-state index contributed by atoms with van der Waals surface area (Å²) in [5, 5.41) is 5.90. The van der Waals surface area contributed by atoms with E-state index in [9.17, 15) is 22.4 Å². The number of rotatable bonds is 5. The van der Waals surface area contributed by atoms with Crippen LogP contribution in [0.15, 0.2) is 48.8 Å². The number of carbonyl (C=O) groups excluding carboxylic acids is 1. The summed E-state index contributed by atoms with van der Waals surface area (Å²) in [6.07, 6.45) is -2.58. The van der Waals surface area contributed by atoms with Crippen molar-refractivity contribution in [2.45, 2.75) is 19.6 Å². The van der Waals surface area contributed by atoms with Crippen molar-refractivity contribution in [2.75, 3.05) is 5.32 Å². The van der Waals surface area contributed by atoms with E-state index >= 15 is 0 Å². The summed E-state index contributed by atoms with van der Waals surface area (Å²) in [7, 11) is 0. The molecule has 28 heavy (non-hydrogen) atoms. The highest BCUT2D eigenvalue weighted by Crippen LogP contribution is 2.32. The van der Waals surface area contributed by atoms with E-state index in [0.717, 1.165) is 6.20 Å². The molecule has 2 aromatic heterocycles. The van der Waals surface area contributed by atoms with Crippen LogP contribution in [0.1, 0.15) is 23.0 Å². The number of benzene rings is 1. The monoisotopic (exact) mass is 394 g/mol. The summed E-state index contributed by atoms with van der Waals surface area (Å²) in [6.45, 7) is 1.46. The lowest BCUT2D eigenvalue weighted by Crippen LogP contribution is -2.21. The van der Waals surface area contributed by atoms with Gasteiger partial charge in [0.15, 0.2) is 5.69 Å². The van der Waals surface area contributed by atoms with Crippen molar-refractivity contribution in [3.05, 3.63) is 65.9 Å². The minimum absolute atomic E-state index is 0.0319. The number of anilines is 1. The van der Waals surface area contributed by atoms with Gasteiger partial charge in [-0.25, -0.2) is 9.37 Å². The number of ether oxygens (including phenoxy) is 1. The molecule has 0 saturated heterocycles. The van der Waals surface area contributed by atoms with E-state index in [1.165, 1.54) is 49.5 Å². The van der Waals surface area contributed by atoms with Crippen LogP contribution < -0.4 is 10.1 Å². The fraction of sp³-hybridized carbons (Fsp3) is 0.167. The van der Waals surface area contributed by atoms with Gasteiger partial charge >= 0.3 is 6.18 Å². The van der Waals surface area contributed by atoms with Crippen LogP contribution in [0.5, 0.6) is 11.5 Å². The van der Waals surface area contributed by atoms with Crippen LogP contribution in [0.2, 0.25) is 0 Å². The lowest BCUT2D eigenvalue weighted by Gasteiger charge is -2.11. The van der Waals surface area contributed by atoms with Crippen molar-refractivity contribution in [2.24, 2.45) is 0 Å². The lowest BCUT2D eigenvalue weighted by molar-refractivity contribution is -0.144. The van der Waals surface area contributed by atoms with Gasteiger partial charge in [0.25, 0.3) is 5.91 Å². The standard InChI is InChI=1S/C18H14F4N4O2/c1-2-26-16(18(20,21)22)14(10-24-26)17(27)25-15-8-7-13(9-23-15)28-12-5-3-11(19)4-6-12/h3-10H,2H2,1H3,(H,23,25,27). The van der Waals surface area contributed by atoms with E-state index in [-0.39, 0.29) is 12.4 Å². The number of carbonyl (C=O) groups is 1. The zero-order valence-electron chi connectivity index (χ0n) is 14.5. The first-order chi connectivity index (χ1) is 13.3. The molecule has 0 aliphatic heterocycles. The third kappa shape index (κ3) is 4.27. The lowest BCUT2D eigenvalue weighted by atomic mass is 10.2. The summed E-state index contributed by atoms with van der Waals surface area (Å²) in [5.41, 5.74) is -1.72. The normalized spacial score (nSPS) is 11.3. The Hall–Kier alpha value is -3.43. The molecule has 1 N–H and O–H groups in total. The number of alkyl halides is 3. The summed E-state index contributed by atoms with van der Waals surface area (Å²) in [6, 6.07) is 8.14. The fourth-order valence-corrected chi connectivity index (χ4v) is 2.43. The van der Waals surface area contributed by atoms with Crippen LogP contribution in [0.3, 0.4) is 0 Å². The van der Waals surface area contributed by atoms with Crippen LogP contribution in [-0.2, 0) is 12.7 Å². The molecule has 6 nitrogen and oxygen atoms in total. The number of amides is 1. The zero-order chi connectivity index (χ0) is 20.3. The van der Waals surface area contributed by atoms with Gasteiger partial charge in [-0.2, -0.15) is 18.3 Å².